The number of carbonyl (C=O) groups excluding carboxylic acids is 1. The maximum atomic E-state index is 11.6. The second-order valence-electron chi connectivity index (χ2n) is 3.01. The SMILES string of the molecule is O=C(OCc1cccs1)c1cc(Cl)ccn1. The van der Waals surface area contributed by atoms with Crippen molar-refractivity contribution in [3.05, 3.63) is 51.4 Å². The highest BCUT2D eigenvalue weighted by Crippen LogP contribution is 2.12. The van der Waals surface area contributed by atoms with Gasteiger partial charge in [-0.05, 0) is 23.6 Å². The quantitative estimate of drug-likeness (QED) is 0.789. The molecule has 0 fully saturated rings. The third-order valence-corrected chi connectivity index (χ3v) is 2.94. The molecule has 0 aliphatic rings. The van der Waals surface area contributed by atoms with Crippen LogP contribution in [0.4, 0.5) is 0 Å². The first-order valence-electron chi connectivity index (χ1n) is 4.57. The van der Waals surface area contributed by atoms with E-state index < -0.39 is 5.97 Å². The summed E-state index contributed by atoms with van der Waals surface area (Å²) < 4.78 is 5.08. The zero-order chi connectivity index (χ0) is 11.4. The lowest BCUT2D eigenvalue weighted by Crippen LogP contribution is -2.06. The number of halogens is 1. The van der Waals surface area contributed by atoms with Gasteiger partial charge < -0.3 is 4.74 Å². The summed E-state index contributed by atoms with van der Waals surface area (Å²) >= 11 is 7.28. The molecule has 0 bridgehead atoms. The second kappa shape index (κ2) is 5.09. The molecular weight excluding hydrogens is 246 g/mol. The van der Waals surface area contributed by atoms with Gasteiger partial charge in [-0.25, -0.2) is 9.78 Å². The molecule has 0 N–H and O–H groups in total. The molecule has 0 unspecified atom stereocenters. The fraction of sp³-hybridized carbons (Fsp3) is 0.0909. The summed E-state index contributed by atoms with van der Waals surface area (Å²) in [5.41, 5.74) is 0.226. The number of carbonyl (C=O) groups is 1. The van der Waals surface area contributed by atoms with Crippen molar-refractivity contribution in [3.8, 4) is 0 Å². The number of thiophene rings is 1. The Hall–Kier alpha value is -1.39. The largest absolute Gasteiger partial charge is 0.455 e. The van der Waals surface area contributed by atoms with Gasteiger partial charge in [0.2, 0.25) is 0 Å². The minimum Gasteiger partial charge on any atom is -0.455 e. The summed E-state index contributed by atoms with van der Waals surface area (Å²) in [7, 11) is 0. The Labute approximate surface area is 102 Å². The molecule has 0 atom stereocenters. The summed E-state index contributed by atoms with van der Waals surface area (Å²) in [6.45, 7) is 0.269. The molecule has 3 nitrogen and oxygen atoms in total. The predicted molar refractivity (Wildman–Crippen MR) is 62.7 cm³/mol. The van der Waals surface area contributed by atoms with Crippen LogP contribution in [-0.4, -0.2) is 11.0 Å². The van der Waals surface area contributed by atoms with Crippen LogP contribution in [0, 0.1) is 0 Å². The fourth-order valence-corrected chi connectivity index (χ4v) is 1.90. The number of esters is 1. The Kier molecular flexibility index (Phi) is 3.54. The molecule has 2 heterocycles. The fourth-order valence-electron chi connectivity index (χ4n) is 1.12. The van der Waals surface area contributed by atoms with Gasteiger partial charge in [0, 0.05) is 16.1 Å². The van der Waals surface area contributed by atoms with Gasteiger partial charge in [-0.2, -0.15) is 0 Å². The first-order valence-corrected chi connectivity index (χ1v) is 5.82. The smallest absolute Gasteiger partial charge is 0.357 e. The van der Waals surface area contributed by atoms with Crippen LogP contribution in [0.25, 0.3) is 0 Å². The minimum absolute atomic E-state index is 0.226. The average Bonchev–Trinajstić information content (AvgIpc) is 2.78. The highest BCUT2D eigenvalue weighted by Gasteiger charge is 2.09. The van der Waals surface area contributed by atoms with Crippen LogP contribution in [0.1, 0.15) is 15.4 Å². The van der Waals surface area contributed by atoms with Crippen LogP contribution < -0.4 is 0 Å². The van der Waals surface area contributed by atoms with E-state index in [4.69, 9.17) is 16.3 Å². The van der Waals surface area contributed by atoms with Crippen molar-refractivity contribution in [2.45, 2.75) is 6.61 Å². The van der Waals surface area contributed by atoms with Crippen LogP contribution in [0.3, 0.4) is 0 Å². The van der Waals surface area contributed by atoms with Crippen molar-refractivity contribution < 1.29 is 9.53 Å². The van der Waals surface area contributed by atoms with E-state index >= 15 is 0 Å². The van der Waals surface area contributed by atoms with Crippen molar-refractivity contribution in [3.63, 3.8) is 0 Å². The zero-order valence-corrected chi connectivity index (χ0v) is 9.79. The van der Waals surface area contributed by atoms with Crippen LogP contribution in [0.2, 0.25) is 5.02 Å². The molecule has 0 aliphatic carbocycles. The van der Waals surface area contributed by atoms with Gasteiger partial charge in [-0.15, -0.1) is 11.3 Å². The highest BCUT2D eigenvalue weighted by atomic mass is 35.5. The molecule has 82 valence electrons. The zero-order valence-electron chi connectivity index (χ0n) is 8.22. The number of nitrogens with zero attached hydrogens (tertiary/aromatic N) is 1. The summed E-state index contributed by atoms with van der Waals surface area (Å²) in [6, 6.07) is 6.91. The Morgan fingerprint density at radius 2 is 2.38 bits per heavy atom. The first-order chi connectivity index (χ1) is 7.75. The van der Waals surface area contributed by atoms with Crippen LogP contribution in [-0.2, 0) is 11.3 Å². The number of aromatic nitrogens is 1. The Balaban J connectivity index is 1.98. The van der Waals surface area contributed by atoms with Crippen LogP contribution in [0.5, 0.6) is 0 Å². The van der Waals surface area contributed by atoms with E-state index in [9.17, 15) is 4.79 Å². The molecular formula is C11H8ClNO2S. The Morgan fingerprint density at radius 1 is 1.50 bits per heavy atom. The highest BCUT2D eigenvalue weighted by molar-refractivity contribution is 7.09. The van der Waals surface area contributed by atoms with Crippen molar-refractivity contribution in [1.82, 2.24) is 4.98 Å². The average molecular weight is 254 g/mol. The first kappa shape index (κ1) is 11.1. The molecule has 0 amide bonds. The molecule has 16 heavy (non-hydrogen) atoms. The molecule has 0 radical (unpaired) electrons. The van der Waals surface area contributed by atoms with Crippen molar-refractivity contribution in [1.29, 1.82) is 0 Å². The van der Waals surface area contributed by atoms with E-state index in [2.05, 4.69) is 4.98 Å². The van der Waals surface area contributed by atoms with E-state index in [-0.39, 0.29) is 12.3 Å². The van der Waals surface area contributed by atoms with Gasteiger partial charge in [0.05, 0.1) is 0 Å². The molecule has 0 aliphatic heterocycles. The summed E-state index contributed by atoms with van der Waals surface area (Å²) in [5.74, 6) is -0.462. The van der Waals surface area contributed by atoms with Crippen LogP contribution >= 0.6 is 22.9 Å². The molecule has 5 heteroatoms. The lowest BCUT2D eigenvalue weighted by atomic mass is 10.3. The molecule has 2 aromatic rings. The molecule has 0 saturated carbocycles. The van der Waals surface area contributed by atoms with Gasteiger partial charge in [-0.1, -0.05) is 17.7 Å². The monoisotopic (exact) mass is 253 g/mol. The Bertz CT molecular complexity index is 484. The van der Waals surface area contributed by atoms with E-state index in [1.165, 1.54) is 23.6 Å². The summed E-state index contributed by atoms with van der Waals surface area (Å²) in [6.07, 6.45) is 1.48. The maximum absolute atomic E-state index is 11.6. The van der Waals surface area contributed by atoms with E-state index in [0.717, 1.165) is 4.88 Å². The molecule has 2 aromatic heterocycles. The molecule has 2 rings (SSSR count). The molecule has 0 spiro atoms. The normalized spacial score (nSPS) is 10.1. The van der Waals surface area contributed by atoms with E-state index in [1.54, 1.807) is 6.07 Å². The van der Waals surface area contributed by atoms with E-state index in [0.29, 0.717) is 5.02 Å². The maximum Gasteiger partial charge on any atom is 0.357 e. The lowest BCUT2D eigenvalue weighted by molar-refractivity contribution is 0.0470. The van der Waals surface area contributed by atoms with E-state index in [1.807, 2.05) is 17.5 Å². The van der Waals surface area contributed by atoms with Crippen molar-refractivity contribution in [2.75, 3.05) is 0 Å². The molecule has 0 aromatic carbocycles. The van der Waals surface area contributed by atoms with Crippen molar-refractivity contribution >= 4 is 28.9 Å². The third kappa shape index (κ3) is 2.81. The van der Waals surface area contributed by atoms with Gasteiger partial charge in [-0.3, -0.25) is 0 Å². The van der Waals surface area contributed by atoms with Gasteiger partial charge in [0.1, 0.15) is 12.3 Å². The summed E-state index contributed by atoms with van der Waals surface area (Å²) in [4.78, 5) is 16.4. The lowest BCUT2D eigenvalue weighted by Gasteiger charge is -2.02. The number of pyridine rings is 1. The predicted octanol–water partition coefficient (Wildman–Crippen LogP) is 3.15. The number of rotatable bonds is 3. The van der Waals surface area contributed by atoms with Crippen LogP contribution in [0.15, 0.2) is 35.8 Å². The number of hydrogen-bond donors (Lipinski definition) is 0. The Morgan fingerprint density at radius 3 is 3.06 bits per heavy atom. The standard InChI is InChI=1S/C11H8ClNO2S/c12-8-3-4-13-10(6-8)11(14)15-7-9-2-1-5-16-9/h1-6H,7H2. The number of hydrogen-bond acceptors (Lipinski definition) is 4. The topological polar surface area (TPSA) is 39.2 Å². The van der Waals surface area contributed by atoms with Gasteiger partial charge in [0.15, 0.2) is 0 Å². The number of ether oxygens (including phenoxy) is 1. The minimum atomic E-state index is -0.462. The van der Waals surface area contributed by atoms with Crippen molar-refractivity contribution in [2.24, 2.45) is 0 Å². The summed E-state index contributed by atoms with van der Waals surface area (Å²) in [5, 5.41) is 2.40. The van der Waals surface area contributed by atoms with Gasteiger partial charge in [0.25, 0.3) is 0 Å². The second-order valence-corrected chi connectivity index (χ2v) is 4.48. The van der Waals surface area contributed by atoms with Gasteiger partial charge >= 0.3 is 5.97 Å². The molecule has 0 saturated heterocycles. The third-order valence-electron chi connectivity index (χ3n) is 1.86.